The first-order valence-electron chi connectivity index (χ1n) is 11.6. The van der Waals surface area contributed by atoms with Gasteiger partial charge in [-0.3, -0.25) is 0 Å². The molecule has 0 radical (unpaired) electrons. The minimum atomic E-state index is -0.0751. The maximum atomic E-state index is 13.1. The van der Waals surface area contributed by atoms with Gasteiger partial charge in [-0.1, -0.05) is 44.0 Å². The number of carbonyl (C=O) groups excluding carboxylic acids is 1. The Balaban J connectivity index is 1.71. The van der Waals surface area contributed by atoms with Crippen molar-refractivity contribution in [1.29, 1.82) is 0 Å². The van der Waals surface area contributed by atoms with Crippen LogP contribution in [0.4, 0.5) is 10.5 Å². The number of aromatic nitrogens is 1. The highest BCUT2D eigenvalue weighted by molar-refractivity contribution is 5.89. The largest absolute Gasteiger partial charge is 0.494 e. The zero-order chi connectivity index (χ0) is 22.8. The SMILES string of the molecule is CCCCCN(Cc1cccn1Cc1ccccc1C)C(=O)Nc1ccc(OCC)cc1. The number of aryl methyl sites for hydroxylation is 1. The minimum Gasteiger partial charge on any atom is -0.494 e. The molecule has 3 aromatic rings. The molecule has 0 saturated heterocycles. The normalized spacial score (nSPS) is 10.7. The molecule has 2 aromatic carbocycles. The van der Waals surface area contributed by atoms with Crippen molar-refractivity contribution in [2.45, 2.75) is 53.1 Å². The van der Waals surface area contributed by atoms with E-state index in [9.17, 15) is 4.79 Å². The number of urea groups is 1. The lowest BCUT2D eigenvalue weighted by Gasteiger charge is -2.24. The Morgan fingerprint density at radius 1 is 1.00 bits per heavy atom. The van der Waals surface area contributed by atoms with E-state index in [0.717, 1.165) is 49.5 Å². The van der Waals surface area contributed by atoms with Crippen LogP contribution in [0.15, 0.2) is 66.9 Å². The van der Waals surface area contributed by atoms with E-state index in [2.05, 4.69) is 66.3 Å². The summed E-state index contributed by atoms with van der Waals surface area (Å²) in [5.41, 5.74) is 4.47. The standard InChI is InChI=1S/C27H35N3O2/c1-4-6-9-18-30(27(31)28-24-14-16-26(17-15-24)32-5-2)21-25-13-10-19-29(25)20-23-12-8-7-11-22(23)3/h7-8,10-17,19H,4-6,9,18,20-21H2,1-3H3,(H,28,31). The van der Waals surface area contributed by atoms with Gasteiger partial charge in [-0.05, 0) is 67.8 Å². The first kappa shape index (κ1) is 23.5. The fourth-order valence-corrected chi connectivity index (χ4v) is 3.72. The molecule has 170 valence electrons. The number of benzene rings is 2. The molecule has 32 heavy (non-hydrogen) atoms. The number of hydrogen-bond donors (Lipinski definition) is 1. The number of carbonyl (C=O) groups is 1. The minimum absolute atomic E-state index is 0.0751. The van der Waals surface area contributed by atoms with E-state index >= 15 is 0 Å². The molecule has 3 rings (SSSR count). The van der Waals surface area contributed by atoms with Crippen molar-refractivity contribution in [3.63, 3.8) is 0 Å². The van der Waals surface area contributed by atoms with E-state index in [1.54, 1.807) is 0 Å². The summed E-state index contributed by atoms with van der Waals surface area (Å²) in [5, 5.41) is 3.05. The summed E-state index contributed by atoms with van der Waals surface area (Å²) in [4.78, 5) is 15.1. The molecular weight excluding hydrogens is 398 g/mol. The molecular formula is C27H35N3O2. The summed E-state index contributed by atoms with van der Waals surface area (Å²) < 4.78 is 7.73. The van der Waals surface area contributed by atoms with Crippen LogP contribution in [0.5, 0.6) is 5.75 Å². The van der Waals surface area contributed by atoms with E-state index in [1.807, 2.05) is 36.1 Å². The molecule has 0 aliphatic heterocycles. The molecule has 5 heteroatoms. The number of nitrogens with zero attached hydrogens (tertiary/aromatic N) is 2. The van der Waals surface area contributed by atoms with Crippen LogP contribution >= 0.6 is 0 Å². The molecule has 2 amide bonds. The summed E-state index contributed by atoms with van der Waals surface area (Å²) in [5.74, 6) is 0.805. The second-order valence-electron chi connectivity index (χ2n) is 8.07. The van der Waals surface area contributed by atoms with Gasteiger partial charge in [0, 0.05) is 30.7 Å². The highest BCUT2D eigenvalue weighted by Gasteiger charge is 2.16. The van der Waals surface area contributed by atoms with Crippen LogP contribution < -0.4 is 10.1 Å². The van der Waals surface area contributed by atoms with Gasteiger partial charge in [-0.2, -0.15) is 0 Å². The second-order valence-corrected chi connectivity index (χ2v) is 8.07. The van der Waals surface area contributed by atoms with Crippen molar-refractivity contribution in [2.24, 2.45) is 0 Å². The smallest absolute Gasteiger partial charge is 0.322 e. The Morgan fingerprint density at radius 3 is 2.50 bits per heavy atom. The van der Waals surface area contributed by atoms with Gasteiger partial charge in [0.15, 0.2) is 0 Å². The van der Waals surface area contributed by atoms with Gasteiger partial charge in [-0.15, -0.1) is 0 Å². The lowest BCUT2D eigenvalue weighted by molar-refractivity contribution is 0.206. The number of anilines is 1. The topological polar surface area (TPSA) is 46.5 Å². The molecule has 5 nitrogen and oxygen atoms in total. The third-order valence-corrected chi connectivity index (χ3v) is 5.61. The third-order valence-electron chi connectivity index (χ3n) is 5.61. The van der Waals surface area contributed by atoms with Crippen LogP contribution in [0.2, 0.25) is 0 Å². The molecule has 1 aromatic heterocycles. The number of nitrogens with one attached hydrogen (secondary N) is 1. The number of ether oxygens (including phenoxy) is 1. The first-order valence-corrected chi connectivity index (χ1v) is 11.6. The van der Waals surface area contributed by atoms with Crippen molar-refractivity contribution in [1.82, 2.24) is 9.47 Å². The monoisotopic (exact) mass is 433 g/mol. The van der Waals surface area contributed by atoms with Crippen molar-refractivity contribution < 1.29 is 9.53 Å². The van der Waals surface area contributed by atoms with Gasteiger partial charge < -0.3 is 19.5 Å². The molecule has 1 heterocycles. The summed E-state index contributed by atoms with van der Waals surface area (Å²) in [6.45, 7) is 9.01. The van der Waals surface area contributed by atoms with Gasteiger partial charge in [-0.25, -0.2) is 4.79 Å². The number of hydrogen-bond acceptors (Lipinski definition) is 2. The Labute approximate surface area is 192 Å². The molecule has 0 spiro atoms. The van der Waals surface area contributed by atoms with Crippen LogP contribution in [-0.4, -0.2) is 28.6 Å². The number of rotatable bonds is 11. The molecule has 0 unspecified atom stereocenters. The summed E-state index contributed by atoms with van der Waals surface area (Å²) >= 11 is 0. The number of amides is 2. The maximum Gasteiger partial charge on any atom is 0.322 e. The molecule has 0 aliphatic carbocycles. The second kappa shape index (κ2) is 12.0. The van der Waals surface area contributed by atoms with Crippen LogP contribution in [-0.2, 0) is 13.1 Å². The van der Waals surface area contributed by atoms with E-state index in [1.165, 1.54) is 11.1 Å². The lowest BCUT2D eigenvalue weighted by Crippen LogP contribution is -2.36. The van der Waals surface area contributed by atoms with E-state index in [4.69, 9.17) is 4.74 Å². The van der Waals surface area contributed by atoms with Crippen molar-refractivity contribution in [3.05, 3.63) is 83.7 Å². The van der Waals surface area contributed by atoms with Gasteiger partial charge in [0.2, 0.25) is 0 Å². The Kier molecular flexibility index (Phi) is 8.79. The average molecular weight is 434 g/mol. The van der Waals surface area contributed by atoms with Gasteiger partial charge in [0.05, 0.1) is 13.2 Å². The quantitative estimate of drug-likeness (QED) is 0.352. The molecule has 0 fully saturated rings. The van der Waals surface area contributed by atoms with Crippen LogP contribution in [0, 0.1) is 6.92 Å². The summed E-state index contributed by atoms with van der Waals surface area (Å²) in [6.07, 6.45) is 5.32. The maximum absolute atomic E-state index is 13.1. The van der Waals surface area contributed by atoms with Crippen molar-refractivity contribution in [2.75, 3.05) is 18.5 Å². The van der Waals surface area contributed by atoms with Gasteiger partial charge >= 0.3 is 6.03 Å². The van der Waals surface area contributed by atoms with Gasteiger partial charge in [0.25, 0.3) is 0 Å². The lowest BCUT2D eigenvalue weighted by atomic mass is 10.1. The zero-order valence-corrected chi connectivity index (χ0v) is 19.5. The van der Waals surface area contributed by atoms with Crippen LogP contribution in [0.3, 0.4) is 0 Å². The number of unbranched alkanes of at least 4 members (excludes halogenated alkanes) is 2. The Morgan fingerprint density at radius 2 is 1.78 bits per heavy atom. The fraction of sp³-hybridized carbons (Fsp3) is 0.370. The van der Waals surface area contributed by atoms with Gasteiger partial charge in [0.1, 0.15) is 5.75 Å². The van der Waals surface area contributed by atoms with Crippen molar-refractivity contribution in [3.8, 4) is 5.75 Å². The van der Waals surface area contributed by atoms with Crippen molar-refractivity contribution >= 4 is 11.7 Å². The molecule has 0 bridgehead atoms. The van der Waals surface area contributed by atoms with E-state index in [-0.39, 0.29) is 6.03 Å². The fourth-order valence-electron chi connectivity index (χ4n) is 3.72. The van der Waals surface area contributed by atoms with Crippen LogP contribution in [0.25, 0.3) is 0 Å². The zero-order valence-electron chi connectivity index (χ0n) is 19.5. The molecule has 0 aliphatic rings. The first-order chi connectivity index (χ1) is 15.6. The molecule has 0 atom stereocenters. The van der Waals surface area contributed by atoms with E-state index in [0.29, 0.717) is 13.2 Å². The van der Waals surface area contributed by atoms with E-state index < -0.39 is 0 Å². The summed E-state index contributed by atoms with van der Waals surface area (Å²) in [6, 6.07) is 20.1. The predicted molar refractivity (Wildman–Crippen MR) is 131 cm³/mol. The summed E-state index contributed by atoms with van der Waals surface area (Å²) in [7, 11) is 0. The Hall–Kier alpha value is -3.21. The average Bonchev–Trinajstić information content (AvgIpc) is 3.23. The highest BCUT2D eigenvalue weighted by Crippen LogP contribution is 2.18. The third kappa shape index (κ3) is 6.64. The Bertz CT molecular complexity index is 979. The molecule has 0 saturated carbocycles. The predicted octanol–water partition coefficient (Wildman–Crippen LogP) is 6.47. The highest BCUT2D eigenvalue weighted by atomic mass is 16.5. The molecule has 1 N–H and O–H groups in total. The van der Waals surface area contributed by atoms with Crippen LogP contribution in [0.1, 0.15) is 49.9 Å².